The lowest BCUT2D eigenvalue weighted by molar-refractivity contribution is -0.127. The summed E-state index contributed by atoms with van der Waals surface area (Å²) in [5, 5.41) is 3.68. The highest BCUT2D eigenvalue weighted by Crippen LogP contribution is 2.19. The van der Waals surface area contributed by atoms with Crippen molar-refractivity contribution in [3.05, 3.63) is 29.3 Å². The van der Waals surface area contributed by atoms with Crippen molar-refractivity contribution in [3.63, 3.8) is 0 Å². The average molecular weight is 268 g/mol. The molecule has 1 fully saturated rings. The largest absolute Gasteiger partial charge is 0.481 e. The third-order valence-electron chi connectivity index (χ3n) is 3.20. The molecule has 1 atom stereocenters. The Morgan fingerprint density at radius 1 is 1.33 bits per heavy atom. The van der Waals surface area contributed by atoms with E-state index in [0.717, 1.165) is 12.8 Å². The SMILES string of the molecule is C[C@@H](Oc1ccc(Cl)cc1)C(=O)NC1CCCC1. The number of amides is 1. The van der Waals surface area contributed by atoms with Gasteiger partial charge < -0.3 is 10.1 Å². The first-order valence-corrected chi connectivity index (χ1v) is 6.75. The molecule has 4 heteroatoms. The van der Waals surface area contributed by atoms with Crippen LogP contribution in [0.1, 0.15) is 32.6 Å². The number of rotatable bonds is 4. The molecule has 0 aromatic heterocycles. The van der Waals surface area contributed by atoms with Crippen LogP contribution in [0.25, 0.3) is 0 Å². The molecule has 1 amide bonds. The standard InChI is InChI=1S/C14H18ClNO2/c1-10(14(17)16-12-4-2-3-5-12)18-13-8-6-11(15)7-9-13/h6-10,12H,2-5H2,1H3,(H,16,17)/t10-/m1/s1. The number of carbonyl (C=O) groups excluding carboxylic acids is 1. The minimum atomic E-state index is -0.480. The molecule has 0 radical (unpaired) electrons. The van der Waals surface area contributed by atoms with E-state index in [1.54, 1.807) is 31.2 Å². The van der Waals surface area contributed by atoms with Gasteiger partial charge in [0.2, 0.25) is 0 Å². The zero-order chi connectivity index (χ0) is 13.0. The van der Waals surface area contributed by atoms with E-state index in [-0.39, 0.29) is 5.91 Å². The topological polar surface area (TPSA) is 38.3 Å². The highest BCUT2D eigenvalue weighted by Gasteiger charge is 2.21. The monoisotopic (exact) mass is 267 g/mol. The van der Waals surface area contributed by atoms with Crippen LogP contribution in [0.15, 0.2) is 24.3 Å². The van der Waals surface area contributed by atoms with Crippen LogP contribution in [-0.2, 0) is 4.79 Å². The van der Waals surface area contributed by atoms with E-state index in [4.69, 9.17) is 16.3 Å². The molecule has 3 nitrogen and oxygen atoms in total. The number of hydrogen-bond donors (Lipinski definition) is 1. The maximum absolute atomic E-state index is 11.9. The molecule has 1 aromatic rings. The predicted octanol–water partition coefficient (Wildman–Crippen LogP) is 3.17. The minimum absolute atomic E-state index is 0.0446. The molecule has 0 unspecified atom stereocenters. The molecule has 0 aliphatic heterocycles. The van der Waals surface area contributed by atoms with Crippen molar-refractivity contribution in [1.82, 2.24) is 5.32 Å². The van der Waals surface area contributed by atoms with Crippen molar-refractivity contribution < 1.29 is 9.53 Å². The van der Waals surface area contributed by atoms with Crippen LogP contribution in [0.5, 0.6) is 5.75 Å². The summed E-state index contributed by atoms with van der Waals surface area (Å²) < 4.78 is 5.57. The third kappa shape index (κ3) is 3.64. The van der Waals surface area contributed by atoms with Gasteiger partial charge in [-0.1, -0.05) is 24.4 Å². The fourth-order valence-corrected chi connectivity index (χ4v) is 2.29. The van der Waals surface area contributed by atoms with Crippen molar-refractivity contribution in [2.24, 2.45) is 0 Å². The van der Waals surface area contributed by atoms with Crippen molar-refractivity contribution in [1.29, 1.82) is 0 Å². The van der Waals surface area contributed by atoms with E-state index in [2.05, 4.69) is 5.32 Å². The average Bonchev–Trinajstić information content (AvgIpc) is 2.85. The Labute approximate surface area is 112 Å². The van der Waals surface area contributed by atoms with Crippen molar-refractivity contribution in [2.75, 3.05) is 0 Å². The molecule has 1 aliphatic carbocycles. The second-order valence-electron chi connectivity index (χ2n) is 4.70. The predicted molar refractivity (Wildman–Crippen MR) is 71.9 cm³/mol. The zero-order valence-electron chi connectivity index (χ0n) is 10.5. The van der Waals surface area contributed by atoms with Crippen LogP contribution < -0.4 is 10.1 Å². The van der Waals surface area contributed by atoms with Gasteiger partial charge in [0, 0.05) is 11.1 Å². The lowest BCUT2D eigenvalue weighted by Gasteiger charge is -2.18. The lowest BCUT2D eigenvalue weighted by Crippen LogP contribution is -2.41. The van der Waals surface area contributed by atoms with E-state index >= 15 is 0 Å². The van der Waals surface area contributed by atoms with Crippen LogP contribution in [0.4, 0.5) is 0 Å². The number of halogens is 1. The van der Waals surface area contributed by atoms with Gasteiger partial charge in [-0.2, -0.15) is 0 Å². The quantitative estimate of drug-likeness (QED) is 0.910. The van der Waals surface area contributed by atoms with Crippen molar-refractivity contribution >= 4 is 17.5 Å². The van der Waals surface area contributed by atoms with E-state index in [1.807, 2.05) is 0 Å². The smallest absolute Gasteiger partial charge is 0.260 e. The van der Waals surface area contributed by atoms with Gasteiger partial charge in [-0.3, -0.25) is 4.79 Å². The van der Waals surface area contributed by atoms with E-state index in [9.17, 15) is 4.79 Å². The fourth-order valence-electron chi connectivity index (χ4n) is 2.16. The summed E-state index contributed by atoms with van der Waals surface area (Å²) in [5.74, 6) is 0.616. The molecule has 0 saturated heterocycles. The second-order valence-corrected chi connectivity index (χ2v) is 5.14. The third-order valence-corrected chi connectivity index (χ3v) is 3.45. The first kappa shape index (κ1) is 13.2. The van der Waals surface area contributed by atoms with Gasteiger partial charge in [-0.25, -0.2) is 0 Å². The molecule has 0 bridgehead atoms. The lowest BCUT2D eigenvalue weighted by atomic mass is 10.2. The van der Waals surface area contributed by atoms with Crippen LogP contribution in [0, 0.1) is 0 Å². The fraction of sp³-hybridized carbons (Fsp3) is 0.500. The molecule has 1 aromatic carbocycles. The number of ether oxygens (including phenoxy) is 1. The van der Waals surface area contributed by atoms with E-state index < -0.39 is 6.10 Å². The summed E-state index contributed by atoms with van der Waals surface area (Å²) in [6.45, 7) is 1.76. The molecular weight excluding hydrogens is 250 g/mol. The van der Waals surface area contributed by atoms with Crippen LogP contribution in [-0.4, -0.2) is 18.1 Å². The van der Waals surface area contributed by atoms with Gasteiger partial charge in [-0.05, 0) is 44.0 Å². The van der Waals surface area contributed by atoms with Gasteiger partial charge in [0.05, 0.1) is 0 Å². The Morgan fingerprint density at radius 2 is 1.94 bits per heavy atom. The Bertz CT molecular complexity index is 399. The number of hydrogen-bond acceptors (Lipinski definition) is 2. The van der Waals surface area contributed by atoms with Crippen LogP contribution >= 0.6 is 11.6 Å². The minimum Gasteiger partial charge on any atom is -0.481 e. The number of nitrogens with one attached hydrogen (secondary N) is 1. The highest BCUT2D eigenvalue weighted by atomic mass is 35.5. The highest BCUT2D eigenvalue weighted by molar-refractivity contribution is 6.30. The Kier molecular flexibility index (Phi) is 4.48. The molecular formula is C14H18ClNO2. The molecule has 1 saturated carbocycles. The van der Waals surface area contributed by atoms with E-state index in [1.165, 1.54) is 12.8 Å². The molecule has 0 heterocycles. The van der Waals surface area contributed by atoms with Crippen LogP contribution in [0.2, 0.25) is 5.02 Å². The molecule has 18 heavy (non-hydrogen) atoms. The first-order chi connectivity index (χ1) is 8.65. The van der Waals surface area contributed by atoms with Gasteiger partial charge in [0.15, 0.2) is 6.10 Å². The Hall–Kier alpha value is -1.22. The maximum Gasteiger partial charge on any atom is 0.260 e. The molecule has 0 spiro atoms. The number of benzene rings is 1. The molecule has 1 aliphatic rings. The van der Waals surface area contributed by atoms with Gasteiger partial charge in [0.1, 0.15) is 5.75 Å². The second kappa shape index (κ2) is 6.10. The molecule has 1 N–H and O–H groups in total. The Morgan fingerprint density at radius 3 is 2.56 bits per heavy atom. The van der Waals surface area contributed by atoms with Crippen molar-refractivity contribution in [3.8, 4) is 5.75 Å². The first-order valence-electron chi connectivity index (χ1n) is 6.38. The maximum atomic E-state index is 11.9. The van der Waals surface area contributed by atoms with Crippen LogP contribution in [0.3, 0.4) is 0 Å². The normalized spacial score (nSPS) is 17.4. The van der Waals surface area contributed by atoms with Gasteiger partial charge >= 0.3 is 0 Å². The van der Waals surface area contributed by atoms with Gasteiger partial charge in [0.25, 0.3) is 5.91 Å². The molecule has 2 rings (SSSR count). The summed E-state index contributed by atoms with van der Waals surface area (Å²) in [6.07, 6.45) is 4.10. The Balaban J connectivity index is 1.84. The summed E-state index contributed by atoms with van der Waals surface area (Å²) in [6, 6.07) is 7.36. The van der Waals surface area contributed by atoms with Crippen molar-refractivity contribution in [2.45, 2.75) is 44.8 Å². The summed E-state index contributed by atoms with van der Waals surface area (Å²) >= 11 is 5.79. The van der Waals surface area contributed by atoms with E-state index in [0.29, 0.717) is 16.8 Å². The summed E-state index contributed by atoms with van der Waals surface area (Å²) in [7, 11) is 0. The number of carbonyl (C=O) groups is 1. The zero-order valence-corrected chi connectivity index (χ0v) is 11.2. The summed E-state index contributed by atoms with van der Waals surface area (Å²) in [5.41, 5.74) is 0. The summed E-state index contributed by atoms with van der Waals surface area (Å²) in [4.78, 5) is 11.9. The molecule has 98 valence electrons. The van der Waals surface area contributed by atoms with Gasteiger partial charge in [-0.15, -0.1) is 0 Å².